The topological polar surface area (TPSA) is 118 Å². The van der Waals surface area contributed by atoms with Crippen LogP contribution in [0.2, 0.25) is 5.02 Å². The van der Waals surface area contributed by atoms with Gasteiger partial charge in [-0.2, -0.15) is 4.31 Å². The molecule has 1 saturated heterocycles. The van der Waals surface area contributed by atoms with E-state index < -0.39 is 28.1 Å². The molecule has 0 unspecified atom stereocenters. The highest BCUT2D eigenvalue weighted by Gasteiger charge is 2.39. The molecule has 216 valence electrons. The molecule has 2 aliphatic rings. The molecule has 2 aromatic carbocycles. The van der Waals surface area contributed by atoms with Crippen molar-refractivity contribution in [2.45, 2.75) is 17.9 Å². The molecule has 2 amide bonds. The number of carbonyl (C=O) groups excluding carboxylic acids is 2. The van der Waals surface area contributed by atoms with Crippen molar-refractivity contribution in [2.24, 2.45) is 0 Å². The number of likely N-dealkylation sites (N-methyl/N-ethyl adjacent to an activating group) is 1. The summed E-state index contributed by atoms with van der Waals surface area (Å²) in [4.78, 5) is 30.1. The van der Waals surface area contributed by atoms with Crippen molar-refractivity contribution in [3.05, 3.63) is 64.3 Å². The van der Waals surface area contributed by atoms with Crippen LogP contribution in [0.15, 0.2) is 58.6 Å². The molecule has 2 heterocycles. The largest absolute Gasteiger partial charge is 0.493 e. The van der Waals surface area contributed by atoms with Gasteiger partial charge in [0.1, 0.15) is 0 Å². The summed E-state index contributed by atoms with van der Waals surface area (Å²) in [7, 11) is 0.903. The van der Waals surface area contributed by atoms with Gasteiger partial charge in [0, 0.05) is 56.1 Å². The van der Waals surface area contributed by atoms with E-state index in [-0.39, 0.29) is 36.7 Å². The van der Waals surface area contributed by atoms with Gasteiger partial charge in [0.2, 0.25) is 10.0 Å². The molecule has 4 rings (SSSR count). The van der Waals surface area contributed by atoms with Crippen molar-refractivity contribution in [1.82, 2.24) is 19.4 Å². The van der Waals surface area contributed by atoms with Gasteiger partial charge in [-0.25, -0.2) is 18.0 Å². The van der Waals surface area contributed by atoms with Crippen LogP contribution in [0.1, 0.15) is 18.5 Å². The Morgan fingerprint density at radius 2 is 1.73 bits per heavy atom. The molecule has 0 radical (unpaired) electrons. The van der Waals surface area contributed by atoms with E-state index >= 15 is 0 Å². The minimum Gasteiger partial charge on any atom is -0.493 e. The predicted molar refractivity (Wildman–Crippen MR) is 149 cm³/mol. The molecule has 1 N–H and O–H groups in total. The van der Waals surface area contributed by atoms with E-state index in [0.29, 0.717) is 40.9 Å². The number of amides is 2. The third-order valence-corrected chi connectivity index (χ3v) is 9.14. The average molecular weight is 593 g/mol. The number of nitrogens with one attached hydrogen (secondary N) is 1. The Hall–Kier alpha value is -3.32. The molecule has 40 heavy (non-hydrogen) atoms. The summed E-state index contributed by atoms with van der Waals surface area (Å²) in [5.74, 6) is 0.279. The molecule has 0 bridgehead atoms. The predicted octanol–water partition coefficient (Wildman–Crippen LogP) is 2.88. The van der Waals surface area contributed by atoms with Crippen molar-refractivity contribution >= 4 is 33.6 Å². The van der Waals surface area contributed by atoms with Gasteiger partial charge in [0.05, 0.1) is 37.3 Å². The number of methoxy groups -OCH3 is 2. The van der Waals surface area contributed by atoms with Gasteiger partial charge in [0.25, 0.3) is 0 Å². The maximum absolute atomic E-state index is 13.4. The number of halogens is 1. The second kappa shape index (κ2) is 12.5. The molecule has 13 heteroatoms. The maximum Gasteiger partial charge on any atom is 0.338 e. The van der Waals surface area contributed by atoms with Gasteiger partial charge in [0.15, 0.2) is 11.5 Å². The van der Waals surface area contributed by atoms with E-state index in [4.69, 9.17) is 25.8 Å². The number of hydrogen-bond acceptors (Lipinski definition) is 8. The third kappa shape index (κ3) is 5.90. The lowest BCUT2D eigenvalue weighted by atomic mass is 9.93. The maximum atomic E-state index is 13.4. The molecule has 2 aromatic rings. The zero-order valence-electron chi connectivity index (χ0n) is 22.8. The number of para-hydroxylation sites is 1. The van der Waals surface area contributed by atoms with Crippen LogP contribution in [0.25, 0.3) is 0 Å². The van der Waals surface area contributed by atoms with Crippen LogP contribution in [-0.2, 0) is 19.6 Å². The van der Waals surface area contributed by atoms with Gasteiger partial charge in [-0.15, -0.1) is 0 Å². The molecular formula is C27H33ClN4O7S. The van der Waals surface area contributed by atoms with Crippen LogP contribution in [0.3, 0.4) is 0 Å². The number of ether oxygens (including phenoxy) is 3. The number of sulfonamides is 1. The number of carbonyl (C=O) groups is 2. The highest BCUT2D eigenvalue weighted by molar-refractivity contribution is 7.89. The minimum absolute atomic E-state index is 0.149. The monoisotopic (exact) mass is 592 g/mol. The fourth-order valence-electron chi connectivity index (χ4n) is 4.87. The Labute approximate surface area is 239 Å². The van der Waals surface area contributed by atoms with Crippen molar-refractivity contribution in [2.75, 3.05) is 60.6 Å². The Balaban J connectivity index is 1.64. The normalized spacial score (nSPS) is 18.9. The van der Waals surface area contributed by atoms with E-state index in [1.807, 2.05) is 4.90 Å². The Bertz CT molecular complexity index is 1390. The summed E-state index contributed by atoms with van der Waals surface area (Å²) >= 11 is 5.92. The Morgan fingerprint density at radius 3 is 2.33 bits per heavy atom. The van der Waals surface area contributed by atoms with Crippen LogP contribution in [0.5, 0.6) is 11.5 Å². The number of esters is 1. The minimum atomic E-state index is -3.68. The van der Waals surface area contributed by atoms with E-state index in [1.54, 1.807) is 44.3 Å². The van der Waals surface area contributed by atoms with Crippen LogP contribution in [0.4, 0.5) is 4.79 Å². The highest BCUT2D eigenvalue weighted by Crippen LogP contribution is 2.40. The van der Waals surface area contributed by atoms with Gasteiger partial charge < -0.3 is 19.5 Å². The summed E-state index contributed by atoms with van der Waals surface area (Å²) in [6.45, 7) is 3.38. The van der Waals surface area contributed by atoms with E-state index in [0.717, 1.165) is 0 Å². The summed E-state index contributed by atoms with van der Waals surface area (Å²) in [5.41, 5.74) is 1.28. The van der Waals surface area contributed by atoms with E-state index in [9.17, 15) is 18.0 Å². The number of rotatable bonds is 9. The van der Waals surface area contributed by atoms with Crippen LogP contribution >= 0.6 is 11.6 Å². The smallest absolute Gasteiger partial charge is 0.338 e. The van der Waals surface area contributed by atoms with Crippen LogP contribution in [0, 0.1) is 0 Å². The van der Waals surface area contributed by atoms with Crippen molar-refractivity contribution in [1.29, 1.82) is 0 Å². The average Bonchev–Trinajstić information content (AvgIpc) is 2.95. The number of nitrogens with zero attached hydrogens (tertiary/aromatic N) is 3. The SMILES string of the molecule is CCOC(=O)C1=C(CN2CCN(S(=O)(=O)c3ccc(Cl)cc3)CC2)N(C)C(=O)N[C@@H]1c1cccc(OC)c1OC. The molecule has 2 aliphatic heterocycles. The summed E-state index contributed by atoms with van der Waals surface area (Å²) in [6, 6.07) is 10.1. The Kier molecular flexibility index (Phi) is 9.24. The molecule has 0 aliphatic carbocycles. The van der Waals surface area contributed by atoms with Crippen LogP contribution < -0.4 is 14.8 Å². The first-order valence-corrected chi connectivity index (χ1v) is 14.6. The summed E-state index contributed by atoms with van der Waals surface area (Å²) < 4.78 is 44.1. The Morgan fingerprint density at radius 1 is 1.05 bits per heavy atom. The summed E-state index contributed by atoms with van der Waals surface area (Å²) in [5, 5.41) is 3.35. The number of hydrogen-bond donors (Lipinski definition) is 1. The van der Waals surface area contributed by atoms with Crippen molar-refractivity contribution in [3.63, 3.8) is 0 Å². The lowest BCUT2D eigenvalue weighted by molar-refractivity contribution is -0.139. The van der Waals surface area contributed by atoms with Crippen molar-refractivity contribution in [3.8, 4) is 11.5 Å². The number of piperazine rings is 1. The second-order valence-electron chi connectivity index (χ2n) is 9.24. The fourth-order valence-corrected chi connectivity index (χ4v) is 6.41. The first kappa shape index (κ1) is 29.7. The number of urea groups is 1. The second-order valence-corrected chi connectivity index (χ2v) is 11.6. The summed E-state index contributed by atoms with van der Waals surface area (Å²) in [6.07, 6.45) is 0. The fraction of sp³-hybridized carbons (Fsp3) is 0.407. The quantitative estimate of drug-likeness (QED) is 0.442. The third-order valence-electron chi connectivity index (χ3n) is 6.97. The van der Waals surface area contributed by atoms with Crippen molar-refractivity contribution < 1.29 is 32.2 Å². The van der Waals surface area contributed by atoms with Gasteiger partial charge in [-0.3, -0.25) is 9.80 Å². The highest BCUT2D eigenvalue weighted by atomic mass is 35.5. The van der Waals surface area contributed by atoms with Gasteiger partial charge in [-0.1, -0.05) is 23.7 Å². The molecule has 1 atom stereocenters. The molecule has 11 nitrogen and oxygen atoms in total. The number of benzene rings is 2. The first-order chi connectivity index (χ1) is 19.1. The van der Waals surface area contributed by atoms with Gasteiger partial charge >= 0.3 is 12.0 Å². The zero-order valence-corrected chi connectivity index (χ0v) is 24.4. The zero-order chi connectivity index (χ0) is 29.0. The lowest BCUT2D eigenvalue weighted by Gasteiger charge is -2.39. The molecule has 1 fully saturated rings. The van der Waals surface area contributed by atoms with E-state index in [2.05, 4.69) is 5.32 Å². The van der Waals surface area contributed by atoms with Crippen LogP contribution in [-0.4, -0.2) is 95.1 Å². The molecule has 0 saturated carbocycles. The first-order valence-electron chi connectivity index (χ1n) is 12.8. The van der Waals surface area contributed by atoms with E-state index in [1.165, 1.54) is 35.6 Å². The lowest BCUT2D eigenvalue weighted by Crippen LogP contribution is -2.53. The molecular weight excluding hydrogens is 560 g/mol. The standard InChI is InChI=1S/C27H33ClN4O7S/c1-5-39-26(33)23-21(30(2)27(34)29-24(23)20-7-6-8-22(37-3)25(20)38-4)17-31-13-15-32(16-14-31)40(35,36)19-11-9-18(28)10-12-19/h6-12,24H,5,13-17H2,1-4H3,(H,29,34)/t24-/m1/s1. The van der Waals surface area contributed by atoms with Gasteiger partial charge in [-0.05, 0) is 37.3 Å². The molecule has 0 spiro atoms. The molecule has 0 aromatic heterocycles.